The van der Waals surface area contributed by atoms with Gasteiger partial charge in [0.1, 0.15) is 0 Å². The van der Waals surface area contributed by atoms with Gasteiger partial charge < -0.3 is 4.74 Å². The van der Waals surface area contributed by atoms with E-state index in [0.717, 1.165) is 18.9 Å². The van der Waals surface area contributed by atoms with Crippen LogP contribution in [0, 0.1) is 5.41 Å². The van der Waals surface area contributed by atoms with Crippen molar-refractivity contribution in [2.24, 2.45) is 5.41 Å². The fourth-order valence-electron chi connectivity index (χ4n) is 3.47. The first-order valence-electron chi connectivity index (χ1n) is 8.07. The van der Waals surface area contributed by atoms with E-state index in [1.165, 1.54) is 38.6 Å². The lowest BCUT2D eigenvalue weighted by Crippen LogP contribution is -2.52. The van der Waals surface area contributed by atoms with Crippen LogP contribution < -0.4 is 0 Å². The predicted octanol–water partition coefficient (Wildman–Crippen LogP) is 4.00. The Bertz CT molecular complexity index is 241. The number of hydrogen-bond acceptors (Lipinski definition) is 3. The van der Waals surface area contributed by atoms with Crippen LogP contribution in [0.5, 0.6) is 0 Å². The molecule has 114 valence electrons. The van der Waals surface area contributed by atoms with Crippen LogP contribution >= 0.6 is 12.6 Å². The Morgan fingerprint density at radius 2 is 1.84 bits per heavy atom. The molecule has 0 amide bonds. The fourth-order valence-corrected chi connectivity index (χ4v) is 3.88. The highest BCUT2D eigenvalue weighted by atomic mass is 32.1. The van der Waals surface area contributed by atoms with Gasteiger partial charge >= 0.3 is 0 Å². The molecule has 2 nitrogen and oxygen atoms in total. The molecule has 0 aliphatic carbocycles. The molecule has 0 N–H and O–H groups in total. The molecule has 1 heterocycles. The van der Waals surface area contributed by atoms with Crippen LogP contribution in [-0.2, 0) is 4.74 Å². The Labute approximate surface area is 125 Å². The van der Waals surface area contributed by atoms with Gasteiger partial charge in [0.25, 0.3) is 0 Å². The lowest BCUT2D eigenvalue weighted by molar-refractivity contribution is -0.0690. The van der Waals surface area contributed by atoms with E-state index in [1.54, 1.807) is 0 Å². The Morgan fingerprint density at radius 1 is 1.21 bits per heavy atom. The van der Waals surface area contributed by atoms with Crippen molar-refractivity contribution in [1.29, 1.82) is 0 Å². The summed E-state index contributed by atoms with van der Waals surface area (Å²) < 4.78 is 5.82. The van der Waals surface area contributed by atoms with Crippen molar-refractivity contribution >= 4 is 12.6 Å². The SMILES string of the molecule is CCCC(CS)(CCC)CN1CC(C)OCC1CC. The van der Waals surface area contributed by atoms with E-state index in [4.69, 9.17) is 17.4 Å². The van der Waals surface area contributed by atoms with E-state index in [1.807, 2.05) is 0 Å². The summed E-state index contributed by atoms with van der Waals surface area (Å²) >= 11 is 4.69. The average Bonchev–Trinajstić information content (AvgIpc) is 2.39. The van der Waals surface area contributed by atoms with E-state index < -0.39 is 0 Å². The summed E-state index contributed by atoms with van der Waals surface area (Å²) in [4.78, 5) is 2.68. The Morgan fingerprint density at radius 3 is 2.32 bits per heavy atom. The maximum Gasteiger partial charge on any atom is 0.0674 e. The van der Waals surface area contributed by atoms with Crippen molar-refractivity contribution in [3.63, 3.8) is 0 Å². The molecule has 1 fully saturated rings. The molecule has 0 bridgehead atoms. The molecule has 1 aliphatic rings. The van der Waals surface area contributed by atoms with Crippen molar-refractivity contribution in [1.82, 2.24) is 4.90 Å². The first kappa shape index (κ1) is 17.3. The largest absolute Gasteiger partial charge is 0.376 e. The molecule has 1 saturated heterocycles. The summed E-state index contributed by atoms with van der Waals surface area (Å²) in [6, 6.07) is 0.601. The summed E-state index contributed by atoms with van der Waals surface area (Å²) in [5, 5.41) is 0. The number of nitrogens with zero attached hydrogens (tertiary/aromatic N) is 1. The minimum Gasteiger partial charge on any atom is -0.376 e. The van der Waals surface area contributed by atoms with E-state index in [-0.39, 0.29) is 0 Å². The number of hydrogen-bond donors (Lipinski definition) is 1. The van der Waals surface area contributed by atoms with Crippen LogP contribution in [-0.4, -0.2) is 42.5 Å². The molecule has 0 aromatic heterocycles. The zero-order chi connectivity index (χ0) is 14.3. The summed E-state index contributed by atoms with van der Waals surface area (Å²) in [5.41, 5.74) is 0.400. The Balaban J connectivity index is 2.73. The monoisotopic (exact) mass is 287 g/mol. The summed E-state index contributed by atoms with van der Waals surface area (Å²) in [6.45, 7) is 12.3. The normalized spacial score (nSPS) is 25.7. The molecular formula is C16H33NOS. The predicted molar refractivity (Wildman–Crippen MR) is 87.2 cm³/mol. The van der Waals surface area contributed by atoms with Crippen molar-refractivity contribution in [3.05, 3.63) is 0 Å². The van der Waals surface area contributed by atoms with E-state index in [0.29, 0.717) is 17.6 Å². The van der Waals surface area contributed by atoms with Crippen LogP contribution in [0.4, 0.5) is 0 Å². The third-order valence-electron chi connectivity index (χ3n) is 4.49. The second-order valence-electron chi connectivity index (χ2n) is 6.29. The van der Waals surface area contributed by atoms with Gasteiger partial charge in [-0.05, 0) is 37.4 Å². The Kier molecular flexibility index (Phi) is 7.78. The van der Waals surface area contributed by atoms with Crippen molar-refractivity contribution in [3.8, 4) is 0 Å². The van der Waals surface area contributed by atoms with Gasteiger partial charge in [0.05, 0.1) is 12.7 Å². The number of rotatable bonds is 8. The van der Waals surface area contributed by atoms with Gasteiger partial charge in [-0.2, -0.15) is 12.6 Å². The van der Waals surface area contributed by atoms with Gasteiger partial charge in [-0.1, -0.05) is 33.6 Å². The third-order valence-corrected chi connectivity index (χ3v) is 5.16. The molecule has 2 unspecified atom stereocenters. The maximum atomic E-state index is 5.82. The first-order valence-corrected chi connectivity index (χ1v) is 8.70. The maximum absolute atomic E-state index is 5.82. The quantitative estimate of drug-likeness (QED) is 0.677. The molecule has 0 spiro atoms. The van der Waals surface area contributed by atoms with E-state index in [2.05, 4.69) is 32.6 Å². The molecule has 0 aromatic carbocycles. The molecule has 0 saturated carbocycles. The summed E-state index contributed by atoms with van der Waals surface area (Å²) in [6.07, 6.45) is 6.69. The average molecular weight is 288 g/mol. The second-order valence-corrected chi connectivity index (χ2v) is 6.61. The standard InChI is InChI=1S/C16H33NOS/c1-5-8-16(13-19,9-6-2)12-17-10-14(4)18-11-15(17)7-3/h14-15,19H,5-13H2,1-4H3. The van der Waals surface area contributed by atoms with Gasteiger partial charge in [0, 0.05) is 19.1 Å². The number of thiol groups is 1. The second kappa shape index (κ2) is 8.53. The van der Waals surface area contributed by atoms with Gasteiger partial charge in [0.2, 0.25) is 0 Å². The molecule has 1 rings (SSSR count). The highest BCUT2D eigenvalue weighted by Crippen LogP contribution is 2.34. The van der Waals surface area contributed by atoms with Crippen LogP contribution in [0.2, 0.25) is 0 Å². The minimum atomic E-state index is 0.378. The van der Waals surface area contributed by atoms with Crippen molar-refractivity contribution in [2.75, 3.05) is 25.4 Å². The lowest BCUT2D eigenvalue weighted by atomic mass is 9.80. The molecule has 3 heteroatoms. The fraction of sp³-hybridized carbons (Fsp3) is 1.00. The number of ether oxygens (including phenoxy) is 1. The molecule has 0 aromatic rings. The topological polar surface area (TPSA) is 12.5 Å². The highest BCUT2D eigenvalue weighted by Gasteiger charge is 2.34. The molecular weight excluding hydrogens is 254 g/mol. The van der Waals surface area contributed by atoms with E-state index >= 15 is 0 Å². The van der Waals surface area contributed by atoms with Crippen molar-refractivity contribution in [2.45, 2.75) is 71.9 Å². The first-order chi connectivity index (χ1) is 9.10. The van der Waals surface area contributed by atoms with Gasteiger partial charge in [-0.15, -0.1) is 0 Å². The zero-order valence-electron chi connectivity index (χ0n) is 13.3. The van der Waals surface area contributed by atoms with Crippen LogP contribution in [0.25, 0.3) is 0 Å². The molecule has 0 radical (unpaired) electrons. The van der Waals surface area contributed by atoms with Gasteiger partial charge in [0.15, 0.2) is 0 Å². The highest BCUT2D eigenvalue weighted by molar-refractivity contribution is 7.80. The van der Waals surface area contributed by atoms with E-state index in [9.17, 15) is 0 Å². The van der Waals surface area contributed by atoms with Gasteiger partial charge in [-0.25, -0.2) is 0 Å². The summed E-state index contributed by atoms with van der Waals surface area (Å²) in [5.74, 6) is 1.01. The molecule has 19 heavy (non-hydrogen) atoms. The number of morpholine rings is 1. The van der Waals surface area contributed by atoms with Crippen LogP contribution in [0.3, 0.4) is 0 Å². The third kappa shape index (κ3) is 4.95. The smallest absolute Gasteiger partial charge is 0.0674 e. The van der Waals surface area contributed by atoms with Crippen LogP contribution in [0.1, 0.15) is 59.8 Å². The zero-order valence-corrected chi connectivity index (χ0v) is 14.2. The van der Waals surface area contributed by atoms with Crippen LogP contribution in [0.15, 0.2) is 0 Å². The lowest BCUT2D eigenvalue weighted by Gasteiger charge is -2.44. The Hall–Kier alpha value is 0.270. The van der Waals surface area contributed by atoms with Crippen molar-refractivity contribution < 1.29 is 4.74 Å². The molecule has 2 atom stereocenters. The summed E-state index contributed by atoms with van der Waals surface area (Å²) in [7, 11) is 0. The molecule has 1 aliphatic heterocycles. The minimum absolute atomic E-state index is 0.378. The van der Waals surface area contributed by atoms with Gasteiger partial charge in [-0.3, -0.25) is 4.90 Å².